The average molecular weight is 151 g/mol. The molecule has 0 fully saturated rings. The van der Waals surface area contributed by atoms with Gasteiger partial charge in [0.05, 0.1) is 12.3 Å². The summed E-state index contributed by atoms with van der Waals surface area (Å²) in [7, 11) is 0. The highest BCUT2D eigenvalue weighted by Crippen LogP contribution is 1.96. The maximum atomic E-state index is 10.5. The van der Waals surface area contributed by atoms with E-state index < -0.39 is 5.91 Å². The average Bonchev–Trinajstić information content (AvgIpc) is 2.05. The highest BCUT2D eigenvalue weighted by Gasteiger charge is 2.01. The molecule has 0 saturated carbocycles. The van der Waals surface area contributed by atoms with Crippen LogP contribution in [-0.4, -0.2) is 16.0 Å². The van der Waals surface area contributed by atoms with Crippen LogP contribution in [0.3, 0.4) is 0 Å². The predicted molar refractivity (Wildman–Crippen MR) is 37.5 cm³/mol. The number of rotatable bonds is 2. The summed E-state index contributed by atoms with van der Waals surface area (Å²) in [5.74, 6) is -0.639. The second-order valence-electron chi connectivity index (χ2n) is 1.95. The zero-order chi connectivity index (χ0) is 8.27. The topological polar surface area (TPSA) is 76.2 Å². The van der Waals surface area contributed by atoms with E-state index in [1.165, 1.54) is 6.07 Å². The highest BCUT2D eigenvalue weighted by atomic mass is 16.3. The molecule has 1 aromatic heterocycles. The van der Waals surface area contributed by atoms with Crippen molar-refractivity contribution in [3.05, 3.63) is 29.6 Å². The molecule has 0 spiro atoms. The number of nitrogens with zero attached hydrogens (tertiary/aromatic N) is 1. The van der Waals surface area contributed by atoms with Gasteiger partial charge in [0.15, 0.2) is 0 Å². The second kappa shape index (κ2) is 3.12. The number of hydrogen-bond acceptors (Lipinski definition) is 3. The lowest BCUT2D eigenvalue weighted by Gasteiger charge is -1.95. The van der Waals surface area contributed by atoms with E-state index in [0.29, 0.717) is 5.69 Å². The Labute approximate surface area is 63.7 Å². The van der Waals surface area contributed by atoms with E-state index in [2.05, 4.69) is 11.1 Å². The van der Waals surface area contributed by atoms with Crippen molar-refractivity contribution in [2.24, 2.45) is 5.73 Å². The van der Waals surface area contributed by atoms with Crippen molar-refractivity contribution >= 4 is 5.91 Å². The fraction of sp³-hybridized carbons (Fsp3) is 0.143. The lowest BCUT2D eigenvalue weighted by Crippen LogP contribution is -2.13. The normalized spacial score (nSPS) is 9.55. The van der Waals surface area contributed by atoms with Gasteiger partial charge in [-0.05, 0) is 6.07 Å². The summed E-state index contributed by atoms with van der Waals surface area (Å²) in [4.78, 5) is 14.2. The van der Waals surface area contributed by atoms with Gasteiger partial charge in [0.1, 0.15) is 5.69 Å². The maximum Gasteiger partial charge on any atom is 0.267 e. The molecule has 1 radical (unpaired) electrons. The number of pyridine rings is 1. The van der Waals surface area contributed by atoms with Gasteiger partial charge in [0.2, 0.25) is 0 Å². The molecule has 0 atom stereocenters. The first-order chi connectivity index (χ1) is 5.24. The molecule has 3 N–H and O–H groups in total. The fourth-order valence-electron chi connectivity index (χ4n) is 0.644. The van der Waals surface area contributed by atoms with Crippen molar-refractivity contribution in [2.45, 2.75) is 6.61 Å². The zero-order valence-electron chi connectivity index (χ0n) is 5.74. The molecule has 0 aliphatic rings. The lowest BCUT2D eigenvalue weighted by molar-refractivity contribution is 0.0995. The summed E-state index contributed by atoms with van der Waals surface area (Å²) in [6, 6.07) is 5.61. The molecule has 0 aliphatic carbocycles. The Balaban J connectivity index is 3.01. The minimum atomic E-state index is -0.639. The maximum absolute atomic E-state index is 10.5. The number of primary amides is 1. The summed E-state index contributed by atoms with van der Waals surface area (Å²) in [6.45, 7) is -0.199. The van der Waals surface area contributed by atoms with Gasteiger partial charge < -0.3 is 10.8 Å². The van der Waals surface area contributed by atoms with Gasteiger partial charge in [-0.15, -0.1) is 0 Å². The molecule has 1 rings (SSSR count). The molecule has 0 aromatic carbocycles. The number of aliphatic hydroxyl groups is 1. The van der Waals surface area contributed by atoms with Crippen LogP contribution in [0.2, 0.25) is 0 Å². The Morgan fingerprint density at radius 3 is 3.09 bits per heavy atom. The number of aromatic nitrogens is 1. The van der Waals surface area contributed by atoms with Crippen LogP contribution in [0, 0.1) is 6.07 Å². The third kappa shape index (κ3) is 1.75. The number of carbonyl (C=O) groups is 1. The first-order valence-corrected chi connectivity index (χ1v) is 3.02. The van der Waals surface area contributed by atoms with Gasteiger partial charge in [-0.25, -0.2) is 4.98 Å². The third-order valence-corrected chi connectivity index (χ3v) is 1.15. The molecular formula is C7H7N2O2. The number of carbonyl (C=O) groups excluding carboxylic acids is 1. The number of aliphatic hydroxyl groups excluding tert-OH is 1. The first-order valence-electron chi connectivity index (χ1n) is 3.02. The molecule has 0 aliphatic heterocycles. The number of amides is 1. The van der Waals surface area contributed by atoms with Crippen molar-refractivity contribution in [2.75, 3.05) is 0 Å². The largest absolute Gasteiger partial charge is 0.390 e. The Hall–Kier alpha value is -1.42. The molecule has 4 nitrogen and oxygen atoms in total. The molecule has 4 heteroatoms. The molecule has 0 saturated heterocycles. The van der Waals surface area contributed by atoms with Crippen LogP contribution < -0.4 is 5.73 Å². The van der Waals surface area contributed by atoms with Crippen molar-refractivity contribution in [1.82, 2.24) is 4.98 Å². The van der Waals surface area contributed by atoms with Gasteiger partial charge in [-0.1, -0.05) is 6.07 Å². The predicted octanol–water partition coefficient (Wildman–Crippen LogP) is -0.527. The van der Waals surface area contributed by atoms with Crippen LogP contribution in [-0.2, 0) is 6.61 Å². The Kier molecular flexibility index (Phi) is 2.18. The Morgan fingerprint density at radius 1 is 1.82 bits per heavy atom. The zero-order valence-corrected chi connectivity index (χ0v) is 5.74. The fourth-order valence-corrected chi connectivity index (χ4v) is 0.644. The highest BCUT2D eigenvalue weighted by molar-refractivity contribution is 5.90. The number of hydrogen-bond donors (Lipinski definition) is 2. The minimum absolute atomic E-state index is 0.0524. The standard InChI is InChI=1S/C7H7N2O2/c8-7(11)6-3-1-2-5(4-10)9-6/h1-2,10H,4H2,(H2,8,11). The van der Waals surface area contributed by atoms with Crippen LogP contribution in [0.1, 0.15) is 16.2 Å². The van der Waals surface area contributed by atoms with E-state index in [1.807, 2.05) is 0 Å². The molecule has 0 bridgehead atoms. The second-order valence-corrected chi connectivity index (χ2v) is 1.95. The Morgan fingerprint density at radius 2 is 2.55 bits per heavy atom. The van der Waals surface area contributed by atoms with Crippen molar-refractivity contribution < 1.29 is 9.90 Å². The molecule has 1 amide bonds. The molecule has 1 heterocycles. The summed E-state index contributed by atoms with van der Waals surface area (Å²) >= 11 is 0. The third-order valence-electron chi connectivity index (χ3n) is 1.15. The van der Waals surface area contributed by atoms with Crippen LogP contribution >= 0.6 is 0 Å². The van der Waals surface area contributed by atoms with Gasteiger partial charge in [0.25, 0.3) is 5.91 Å². The molecular weight excluding hydrogens is 144 g/mol. The van der Waals surface area contributed by atoms with Crippen LogP contribution in [0.4, 0.5) is 0 Å². The van der Waals surface area contributed by atoms with E-state index in [0.717, 1.165) is 0 Å². The molecule has 1 aromatic rings. The smallest absolute Gasteiger partial charge is 0.267 e. The van der Waals surface area contributed by atoms with Gasteiger partial charge in [0, 0.05) is 6.07 Å². The van der Waals surface area contributed by atoms with Gasteiger partial charge >= 0.3 is 0 Å². The summed E-state index contributed by atoms with van der Waals surface area (Å²) in [5, 5.41) is 8.62. The van der Waals surface area contributed by atoms with E-state index >= 15 is 0 Å². The van der Waals surface area contributed by atoms with E-state index in [9.17, 15) is 4.79 Å². The number of nitrogens with two attached hydrogens (primary N) is 1. The van der Waals surface area contributed by atoms with Crippen molar-refractivity contribution in [3.63, 3.8) is 0 Å². The summed E-state index contributed by atoms with van der Waals surface area (Å²) in [6.07, 6.45) is 0. The van der Waals surface area contributed by atoms with E-state index in [1.54, 1.807) is 6.07 Å². The van der Waals surface area contributed by atoms with Gasteiger partial charge in [-0.3, -0.25) is 4.79 Å². The minimum Gasteiger partial charge on any atom is -0.390 e. The van der Waals surface area contributed by atoms with Crippen molar-refractivity contribution in [3.8, 4) is 0 Å². The van der Waals surface area contributed by atoms with E-state index in [4.69, 9.17) is 10.8 Å². The van der Waals surface area contributed by atoms with Gasteiger partial charge in [-0.2, -0.15) is 0 Å². The quantitative estimate of drug-likeness (QED) is 0.596. The molecule has 11 heavy (non-hydrogen) atoms. The monoisotopic (exact) mass is 151 g/mol. The Bertz CT molecular complexity index is 273. The first kappa shape index (κ1) is 7.68. The summed E-state index contributed by atoms with van der Waals surface area (Å²) < 4.78 is 0. The lowest BCUT2D eigenvalue weighted by atomic mass is 10.3. The van der Waals surface area contributed by atoms with E-state index in [-0.39, 0.29) is 12.3 Å². The van der Waals surface area contributed by atoms with Crippen LogP contribution in [0.5, 0.6) is 0 Å². The SMILES string of the molecule is NC(=O)c1[c]ccc(CO)n1. The van der Waals surface area contributed by atoms with Crippen molar-refractivity contribution in [1.29, 1.82) is 0 Å². The summed E-state index contributed by atoms with van der Waals surface area (Å²) in [5.41, 5.74) is 5.39. The van der Waals surface area contributed by atoms with Crippen LogP contribution in [0.25, 0.3) is 0 Å². The molecule has 0 unspecified atom stereocenters. The van der Waals surface area contributed by atoms with Crippen LogP contribution in [0.15, 0.2) is 12.1 Å². The molecule has 57 valence electrons.